The third-order valence-electron chi connectivity index (χ3n) is 4.69. The van der Waals surface area contributed by atoms with Crippen LogP contribution in [-0.4, -0.2) is 101 Å². The Balaban J connectivity index is 5.10. The van der Waals surface area contributed by atoms with Crippen molar-refractivity contribution >= 4 is 35.6 Å². The van der Waals surface area contributed by atoms with E-state index in [0.717, 1.165) is 0 Å². The van der Waals surface area contributed by atoms with Crippen LogP contribution in [0.15, 0.2) is 4.99 Å². The number of nitrogens with two attached hydrogens (primary N) is 3. The molecule has 0 spiro atoms. The molecule has 16 nitrogen and oxygen atoms in total. The van der Waals surface area contributed by atoms with E-state index < -0.39 is 73.5 Å². The molecule has 36 heavy (non-hydrogen) atoms. The van der Waals surface area contributed by atoms with Gasteiger partial charge in [0.15, 0.2) is 5.96 Å². The highest BCUT2D eigenvalue weighted by Crippen LogP contribution is 2.05. The van der Waals surface area contributed by atoms with Crippen LogP contribution in [0.3, 0.4) is 0 Å². The molecule has 0 aliphatic rings. The largest absolute Gasteiger partial charge is 0.480 e. The Morgan fingerprint density at radius 2 is 1.47 bits per heavy atom. The number of carboxylic acids is 1. The van der Waals surface area contributed by atoms with Gasteiger partial charge in [-0.05, 0) is 25.2 Å². The number of rotatable bonds is 17. The molecular formula is C20H38N8O8. The summed E-state index contributed by atoms with van der Waals surface area (Å²) in [6, 6.07) is -5.13. The molecule has 0 aliphatic heterocycles. The highest BCUT2D eigenvalue weighted by atomic mass is 16.4. The van der Waals surface area contributed by atoms with Crippen molar-refractivity contribution in [1.82, 2.24) is 21.3 Å². The summed E-state index contributed by atoms with van der Waals surface area (Å²) in [5.74, 6) is -4.76. The summed E-state index contributed by atoms with van der Waals surface area (Å²) in [6.45, 7) is 1.60. The fourth-order valence-corrected chi connectivity index (χ4v) is 2.83. The van der Waals surface area contributed by atoms with Gasteiger partial charge in [0, 0.05) is 6.54 Å². The van der Waals surface area contributed by atoms with Crippen molar-refractivity contribution in [3.8, 4) is 0 Å². The van der Waals surface area contributed by atoms with Crippen LogP contribution in [-0.2, 0) is 24.0 Å². The molecule has 16 heteroatoms. The topological polar surface area (TPSA) is 285 Å². The van der Waals surface area contributed by atoms with Crippen molar-refractivity contribution in [2.24, 2.45) is 28.1 Å². The Hall–Kier alpha value is -3.50. The molecule has 0 fully saturated rings. The standard InChI is InChI=1S/C20H38N8O8/c1-10(2)6-13(19(35)36)26-15(31)7-25-17(33)14(9-30)28-18(34)12(4-3-5-24-20(22)23)27-16(32)11(21)8-29/h10-14,29-30H,3-9,21H2,1-2H3,(H,25,33)(H,26,31)(H,27,32)(H,28,34)(H,35,36)(H4,22,23,24)/t11-,12-,13-,14-/m0/s1. The molecule has 0 heterocycles. The third kappa shape index (κ3) is 13.4. The Kier molecular flexibility index (Phi) is 15.4. The first kappa shape index (κ1) is 32.5. The van der Waals surface area contributed by atoms with Gasteiger partial charge in [0.2, 0.25) is 23.6 Å². The number of amides is 4. The predicted molar refractivity (Wildman–Crippen MR) is 128 cm³/mol. The molecule has 0 rings (SSSR count). The van der Waals surface area contributed by atoms with Crippen molar-refractivity contribution < 1.29 is 39.3 Å². The van der Waals surface area contributed by atoms with Crippen LogP contribution in [0.25, 0.3) is 0 Å². The van der Waals surface area contributed by atoms with E-state index in [2.05, 4.69) is 26.3 Å². The van der Waals surface area contributed by atoms with E-state index >= 15 is 0 Å². The minimum absolute atomic E-state index is 0.00481. The van der Waals surface area contributed by atoms with Crippen LogP contribution < -0.4 is 38.5 Å². The number of carbonyl (C=O) groups is 5. The first-order valence-corrected chi connectivity index (χ1v) is 11.3. The Morgan fingerprint density at radius 3 is 1.97 bits per heavy atom. The van der Waals surface area contributed by atoms with E-state index in [1.165, 1.54) is 0 Å². The molecule has 0 saturated heterocycles. The van der Waals surface area contributed by atoms with Gasteiger partial charge in [0.1, 0.15) is 24.2 Å². The van der Waals surface area contributed by atoms with Gasteiger partial charge < -0.3 is 53.8 Å². The van der Waals surface area contributed by atoms with Gasteiger partial charge in [0.05, 0.1) is 19.8 Å². The summed E-state index contributed by atoms with van der Waals surface area (Å²) in [5.41, 5.74) is 15.9. The Morgan fingerprint density at radius 1 is 0.861 bits per heavy atom. The van der Waals surface area contributed by atoms with Gasteiger partial charge in [-0.1, -0.05) is 13.8 Å². The first-order chi connectivity index (χ1) is 16.8. The maximum atomic E-state index is 12.7. The lowest BCUT2D eigenvalue weighted by molar-refractivity contribution is -0.142. The monoisotopic (exact) mass is 518 g/mol. The van der Waals surface area contributed by atoms with Gasteiger partial charge in [-0.3, -0.25) is 24.2 Å². The molecule has 13 N–H and O–H groups in total. The van der Waals surface area contributed by atoms with Gasteiger partial charge >= 0.3 is 5.97 Å². The SMILES string of the molecule is CC(C)C[C@H](NC(=O)CNC(=O)[C@H](CO)NC(=O)[C@H](CCCN=C(N)N)NC(=O)[C@@H](N)CO)C(=O)O. The minimum atomic E-state index is -1.49. The number of nitrogens with one attached hydrogen (secondary N) is 4. The van der Waals surface area contributed by atoms with Gasteiger partial charge in [0.25, 0.3) is 0 Å². The zero-order valence-electron chi connectivity index (χ0n) is 20.4. The molecule has 0 unspecified atom stereocenters. The van der Waals surface area contributed by atoms with Crippen LogP contribution in [0.1, 0.15) is 33.1 Å². The quantitative estimate of drug-likeness (QED) is 0.0494. The summed E-state index contributed by atoms with van der Waals surface area (Å²) in [6.07, 6.45) is 0.462. The molecule has 0 aliphatic carbocycles. The molecule has 4 atom stereocenters. The molecule has 4 amide bonds. The van der Waals surface area contributed by atoms with Gasteiger partial charge in [-0.25, -0.2) is 4.79 Å². The lowest BCUT2D eigenvalue weighted by Gasteiger charge is -2.23. The fraction of sp³-hybridized carbons (Fsp3) is 0.700. The maximum Gasteiger partial charge on any atom is 0.326 e. The molecule has 0 aromatic carbocycles. The normalized spacial score (nSPS) is 14.1. The molecule has 0 radical (unpaired) electrons. The number of aliphatic hydroxyl groups excluding tert-OH is 2. The lowest BCUT2D eigenvalue weighted by atomic mass is 10.0. The van der Waals surface area contributed by atoms with E-state index in [4.69, 9.17) is 22.3 Å². The van der Waals surface area contributed by atoms with Crippen LogP contribution in [0.4, 0.5) is 0 Å². The smallest absolute Gasteiger partial charge is 0.326 e. The number of carbonyl (C=O) groups excluding carboxylic acids is 4. The zero-order chi connectivity index (χ0) is 27.8. The van der Waals surface area contributed by atoms with Crippen LogP contribution >= 0.6 is 0 Å². The lowest BCUT2D eigenvalue weighted by Crippen LogP contribution is -2.57. The summed E-state index contributed by atoms with van der Waals surface area (Å²) < 4.78 is 0. The van der Waals surface area contributed by atoms with Crippen LogP contribution in [0.2, 0.25) is 0 Å². The van der Waals surface area contributed by atoms with Crippen molar-refractivity contribution in [3.63, 3.8) is 0 Å². The van der Waals surface area contributed by atoms with Gasteiger partial charge in [-0.2, -0.15) is 0 Å². The number of nitrogens with zero attached hydrogens (tertiary/aromatic N) is 1. The summed E-state index contributed by atoms with van der Waals surface area (Å²) >= 11 is 0. The van der Waals surface area contributed by atoms with Crippen LogP contribution in [0, 0.1) is 5.92 Å². The van der Waals surface area contributed by atoms with Crippen molar-refractivity contribution in [3.05, 3.63) is 0 Å². The number of aliphatic hydroxyl groups is 2. The summed E-state index contributed by atoms with van der Waals surface area (Å²) in [5, 5.41) is 36.9. The van der Waals surface area contributed by atoms with Gasteiger partial charge in [-0.15, -0.1) is 0 Å². The van der Waals surface area contributed by atoms with Crippen LogP contribution in [0.5, 0.6) is 0 Å². The summed E-state index contributed by atoms with van der Waals surface area (Å²) in [7, 11) is 0. The van der Waals surface area contributed by atoms with E-state index in [0.29, 0.717) is 0 Å². The van der Waals surface area contributed by atoms with E-state index in [-0.39, 0.29) is 37.7 Å². The van der Waals surface area contributed by atoms with E-state index in [9.17, 15) is 34.2 Å². The molecule has 0 aromatic heterocycles. The molecule has 0 bridgehead atoms. The Labute approximate surface area is 208 Å². The number of hydrogen-bond acceptors (Lipinski definition) is 9. The second-order valence-electron chi connectivity index (χ2n) is 8.35. The molecule has 206 valence electrons. The average molecular weight is 519 g/mol. The number of aliphatic imine (C=N–C) groups is 1. The second kappa shape index (κ2) is 17.0. The predicted octanol–water partition coefficient (Wildman–Crippen LogP) is -4.95. The van der Waals surface area contributed by atoms with E-state index in [1.54, 1.807) is 13.8 Å². The number of carboxylic acid groups (broad SMARTS) is 1. The van der Waals surface area contributed by atoms with Crippen molar-refractivity contribution in [1.29, 1.82) is 0 Å². The third-order valence-corrected chi connectivity index (χ3v) is 4.69. The highest BCUT2D eigenvalue weighted by Gasteiger charge is 2.28. The first-order valence-electron chi connectivity index (χ1n) is 11.3. The Bertz CT molecular complexity index is 788. The average Bonchev–Trinajstić information content (AvgIpc) is 2.80. The second-order valence-corrected chi connectivity index (χ2v) is 8.35. The fourth-order valence-electron chi connectivity index (χ4n) is 2.83. The number of guanidine groups is 1. The number of aliphatic carboxylic acids is 1. The minimum Gasteiger partial charge on any atom is -0.480 e. The highest BCUT2D eigenvalue weighted by molar-refractivity contribution is 5.94. The molecule has 0 aromatic rings. The zero-order valence-corrected chi connectivity index (χ0v) is 20.4. The van der Waals surface area contributed by atoms with E-state index in [1.807, 2.05) is 0 Å². The molecule has 0 saturated carbocycles. The summed E-state index contributed by atoms with van der Waals surface area (Å²) in [4.78, 5) is 64.2. The maximum absolute atomic E-state index is 12.7. The van der Waals surface area contributed by atoms with Crippen molar-refractivity contribution in [2.45, 2.75) is 57.3 Å². The van der Waals surface area contributed by atoms with Crippen molar-refractivity contribution in [2.75, 3.05) is 26.3 Å². The number of hydrogen-bond donors (Lipinski definition) is 10. The molecular weight excluding hydrogens is 480 g/mol.